The minimum Gasteiger partial charge on any atom is -0.364 e. The lowest BCUT2D eigenvalue weighted by Crippen LogP contribution is -2.42. The highest BCUT2D eigenvalue weighted by Gasteiger charge is 2.40. The van der Waals surface area contributed by atoms with Gasteiger partial charge in [-0.05, 0) is 19.1 Å². The van der Waals surface area contributed by atoms with Crippen LogP contribution in [0.2, 0.25) is 0 Å². The Labute approximate surface area is 170 Å². The summed E-state index contributed by atoms with van der Waals surface area (Å²) in [6.07, 6.45) is -1.20. The number of nitrogens with zero attached hydrogens (tertiary/aromatic N) is 2. The highest BCUT2D eigenvalue weighted by atomic mass is 35.5. The normalized spacial score (nSPS) is 19.2. The molecule has 1 heterocycles. The summed E-state index contributed by atoms with van der Waals surface area (Å²) in [7, 11) is 0. The number of rotatable bonds is 3. The summed E-state index contributed by atoms with van der Waals surface area (Å²) in [6.45, 7) is 1.93. The van der Waals surface area contributed by atoms with Crippen molar-refractivity contribution in [2.45, 2.75) is 13.0 Å². The molecule has 140 valence electrons. The Hall–Kier alpha value is -2.60. The van der Waals surface area contributed by atoms with Gasteiger partial charge in [-0.1, -0.05) is 59.6 Å². The number of para-hydroxylation sites is 2. The van der Waals surface area contributed by atoms with Crippen molar-refractivity contribution < 1.29 is 14.3 Å². The maximum Gasteiger partial charge on any atom is 0.223 e. The molecule has 28 heavy (non-hydrogen) atoms. The second kappa shape index (κ2) is 7.43. The predicted molar refractivity (Wildman–Crippen MR) is 111 cm³/mol. The Morgan fingerprint density at radius 2 is 1.54 bits per heavy atom. The van der Waals surface area contributed by atoms with E-state index in [0.29, 0.717) is 5.69 Å². The maximum absolute atomic E-state index is 12.8. The van der Waals surface area contributed by atoms with Crippen molar-refractivity contribution in [2.24, 2.45) is 4.99 Å². The predicted octanol–water partition coefficient (Wildman–Crippen LogP) is 4.71. The number of fused-ring (bicyclic) bond motifs is 2. The van der Waals surface area contributed by atoms with E-state index in [2.05, 4.69) is 9.98 Å². The van der Waals surface area contributed by atoms with Gasteiger partial charge in [0.25, 0.3) is 0 Å². The number of hydrogen-bond donors (Lipinski definition) is 0. The quantitative estimate of drug-likeness (QED) is 0.584. The molecule has 0 spiro atoms. The lowest BCUT2D eigenvalue weighted by atomic mass is 9.98. The average molecular weight is 413 g/mol. The number of allylic oxidation sites excluding steroid dienone is 1. The van der Waals surface area contributed by atoms with E-state index in [1.165, 1.54) is 0 Å². The summed E-state index contributed by atoms with van der Waals surface area (Å²) in [5.41, 5.74) is 1.90. The number of halogens is 2. The van der Waals surface area contributed by atoms with E-state index in [9.17, 15) is 9.59 Å². The van der Waals surface area contributed by atoms with Crippen molar-refractivity contribution in [2.75, 3.05) is 6.61 Å². The third-order valence-corrected chi connectivity index (χ3v) is 5.28. The number of carbonyl (C=O) groups is 2. The van der Waals surface area contributed by atoms with Gasteiger partial charge in [0.2, 0.25) is 11.6 Å². The van der Waals surface area contributed by atoms with Crippen molar-refractivity contribution in [1.29, 1.82) is 0 Å². The molecule has 1 atom stereocenters. The number of hydrogen-bond acceptors (Lipinski definition) is 5. The molecule has 1 aliphatic rings. The van der Waals surface area contributed by atoms with Gasteiger partial charge >= 0.3 is 0 Å². The number of ether oxygens (including phenoxy) is 1. The minimum atomic E-state index is -1.20. The first-order valence-electron chi connectivity index (χ1n) is 8.64. The number of aromatic nitrogens is 1. The number of carbonyl (C=O) groups excluding carboxylic acids is 2. The van der Waals surface area contributed by atoms with Crippen LogP contribution in [0.1, 0.15) is 6.92 Å². The second-order valence-electron chi connectivity index (χ2n) is 6.15. The molecule has 7 heteroatoms. The Bertz CT molecular complexity index is 1150. The van der Waals surface area contributed by atoms with Gasteiger partial charge in [0, 0.05) is 17.4 Å². The first-order valence-corrected chi connectivity index (χ1v) is 9.40. The zero-order valence-corrected chi connectivity index (χ0v) is 16.3. The average Bonchev–Trinajstić information content (AvgIpc) is 2.72. The maximum atomic E-state index is 12.8. The number of aliphatic imine (C=N–C) groups is 1. The minimum absolute atomic E-state index is 0.0808. The molecule has 1 aromatic heterocycles. The molecule has 0 bridgehead atoms. The van der Waals surface area contributed by atoms with Gasteiger partial charge in [-0.2, -0.15) is 0 Å². The summed E-state index contributed by atoms with van der Waals surface area (Å²) >= 11 is 11.9. The van der Waals surface area contributed by atoms with Gasteiger partial charge in [0.1, 0.15) is 15.8 Å². The van der Waals surface area contributed by atoms with Gasteiger partial charge in [-0.25, -0.2) is 9.98 Å². The molecule has 1 unspecified atom stereocenters. The SMILES string of the molecule is CCOC1C(=O)C(Cl)=C(Cl)C(=O)C1=Nc1c2ccccc2nc2ccccc12. The molecule has 0 N–H and O–H groups in total. The Balaban J connectivity index is 2.04. The standard InChI is InChI=1S/C21H14Cl2N2O3/c1-2-28-21-18(19(26)15(22)16(23)20(21)27)25-17-11-7-3-5-9-13(11)24-14-10-6-4-8-12(14)17/h3-10,21H,2H2,1H3. The van der Waals surface area contributed by atoms with Gasteiger partial charge in [0.05, 0.1) is 16.7 Å². The molecule has 4 rings (SSSR count). The van der Waals surface area contributed by atoms with E-state index in [0.717, 1.165) is 21.8 Å². The van der Waals surface area contributed by atoms with Crippen LogP contribution in [0, 0.1) is 0 Å². The van der Waals surface area contributed by atoms with E-state index in [-0.39, 0.29) is 22.4 Å². The Kier molecular flexibility index (Phi) is 4.98. The van der Waals surface area contributed by atoms with Gasteiger partial charge < -0.3 is 4.74 Å². The monoisotopic (exact) mass is 412 g/mol. The number of pyridine rings is 1. The summed E-state index contributed by atoms with van der Waals surface area (Å²) in [5, 5.41) is 0.833. The summed E-state index contributed by atoms with van der Waals surface area (Å²) in [4.78, 5) is 34.6. The number of Topliss-reactive ketones (excluding diaryl/α,β-unsaturated/α-hetero) is 2. The van der Waals surface area contributed by atoms with Crippen LogP contribution in [0.5, 0.6) is 0 Å². The van der Waals surface area contributed by atoms with Crippen LogP contribution in [-0.2, 0) is 14.3 Å². The molecule has 5 nitrogen and oxygen atoms in total. The molecule has 0 fully saturated rings. The number of ketones is 2. The zero-order valence-electron chi connectivity index (χ0n) is 14.8. The van der Waals surface area contributed by atoms with E-state index < -0.39 is 17.7 Å². The molecule has 3 aromatic rings. The molecule has 0 saturated carbocycles. The second-order valence-corrected chi connectivity index (χ2v) is 6.90. The molecule has 0 saturated heterocycles. The van der Waals surface area contributed by atoms with Crippen LogP contribution in [0.15, 0.2) is 63.6 Å². The molecule has 1 aliphatic carbocycles. The van der Waals surface area contributed by atoms with Crippen LogP contribution in [0.4, 0.5) is 5.69 Å². The van der Waals surface area contributed by atoms with Gasteiger partial charge in [-0.15, -0.1) is 0 Å². The van der Waals surface area contributed by atoms with Crippen LogP contribution >= 0.6 is 23.2 Å². The van der Waals surface area contributed by atoms with Crippen molar-refractivity contribution in [3.63, 3.8) is 0 Å². The summed E-state index contributed by atoms with van der Waals surface area (Å²) in [6, 6.07) is 14.9. The van der Waals surface area contributed by atoms with Gasteiger partial charge in [0.15, 0.2) is 6.10 Å². The zero-order chi connectivity index (χ0) is 19.8. The Morgan fingerprint density at radius 1 is 0.964 bits per heavy atom. The third-order valence-electron chi connectivity index (χ3n) is 4.45. The van der Waals surface area contributed by atoms with E-state index in [4.69, 9.17) is 27.9 Å². The lowest BCUT2D eigenvalue weighted by molar-refractivity contribution is -0.124. The summed E-state index contributed by atoms with van der Waals surface area (Å²) in [5.74, 6) is -1.19. The van der Waals surface area contributed by atoms with Crippen LogP contribution in [-0.4, -0.2) is 35.0 Å². The highest BCUT2D eigenvalue weighted by molar-refractivity contribution is 6.69. The first kappa shape index (κ1) is 18.7. The van der Waals surface area contributed by atoms with E-state index >= 15 is 0 Å². The van der Waals surface area contributed by atoms with Crippen molar-refractivity contribution in [3.8, 4) is 0 Å². The molecule has 0 amide bonds. The first-order chi connectivity index (χ1) is 13.5. The molecular formula is C21H14Cl2N2O3. The topological polar surface area (TPSA) is 68.6 Å². The molecule has 0 aliphatic heterocycles. The fraction of sp³-hybridized carbons (Fsp3) is 0.143. The molecule has 2 aromatic carbocycles. The lowest BCUT2D eigenvalue weighted by Gasteiger charge is -2.22. The fourth-order valence-corrected chi connectivity index (χ4v) is 3.54. The molecule has 0 radical (unpaired) electrons. The Morgan fingerprint density at radius 3 is 2.11 bits per heavy atom. The summed E-state index contributed by atoms with van der Waals surface area (Å²) < 4.78 is 5.50. The van der Waals surface area contributed by atoms with Crippen molar-refractivity contribution >= 4 is 68.0 Å². The van der Waals surface area contributed by atoms with Crippen molar-refractivity contribution in [1.82, 2.24) is 4.98 Å². The third kappa shape index (κ3) is 3.02. The van der Waals surface area contributed by atoms with Gasteiger partial charge in [-0.3, -0.25) is 9.59 Å². The van der Waals surface area contributed by atoms with Crippen LogP contribution in [0.3, 0.4) is 0 Å². The largest absolute Gasteiger partial charge is 0.364 e. The molecular weight excluding hydrogens is 399 g/mol. The number of benzene rings is 2. The fourth-order valence-electron chi connectivity index (χ4n) is 3.17. The van der Waals surface area contributed by atoms with Crippen LogP contribution < -0.4 is 0 Å². The van der Waals surface area contributed by atoms with Crippen LogP contribution in [0.25, 0.3) is 21.8 Å². The smallest absolute Gasteiger partial charge is 0.223 e. The highest BCUT2D eigenvalue weighted by Crippen LogP contribution is 2.35. The van der Waals surface area contributed by atoms with E-state index in [1.54, 1.807) is 6.92 Å². The van der Waals surface area contributed by atoms with E-state index in [1.807, 2.05) is 48.5 Å². The van der Waals surface area contributed by atoms with Crippen molar-refractivity contribution in [3.05, 3.63) is 58.6 Å².